The molecule has 0 saturated carbocycles. The van der Waals surface area contributed by atoms with E-state index < -0.39 is 0 Å². The summed E-state index contributed by atoms with van der Waals surface area (Å²) in [6.45, 7) is 2.66. The molecule has 0 fully saturated rings. The summed E-state index contributed by atoms with van der Waals surface area (Å²) in [4.78, 5) is 11.4. The topological polar surface area (TPSA) is 49.3 Å². The van der Waals surface area contributed by atoms with Crippen LogP contribution in [0.4, 0.5) is 0 Å². The van der Waals surface area contributed by atoms with Gasteiger partial charge in [0.15, 0.2) is 0 Å². The number of nitrogens with one attached hydrogen (secondary N) is 1. The van der Waals surface area contributed by atoms with E-state index in [4.69, 9.17) is 5.11 Å². The summed E-state index contributed by atoms with van der Waals surface area (Å²) in [6.07, 6.45) is 28.8. The second-order valence-corrected chi connectivity index (χ2v) is 7.47. The molecule has 0 unspecified atom stereocenters. The van der Waals surface area contributed by atoms with Crippen molar-refractivity contribution in [2.75, 3.05) is 13.2 Å². The molecule has 0 aliphatic heterocycles. The second-order valence-electron chi connectivity index (χ2n) is 7.47. The van der Waals surface area contributed by atoms with Crippen molar-refractivity contribution in [2.45, 2.75) is 110 Å². The number of amides is 1. The van der Waals surface area contributed by atoms with Crippen LogP contribution in [0.25, 0.3) is 0 Å². The Kier molecular flexibility index (Phi) is 22.0. The van der Waals surface area contributed by atoms with Gasteiger partial charge in [0, 0.05) is 13.0 Å². The molecule has 0 aliphatic carbocycles. The Balaban J connectivity index is 3.18. The van der Waals surface area contributed by atoms with Gasteiger partial charge in [0.25, 0.3) is 0 Å². The molecule has 0 atom stereocenters. The van der Waals surface area contributed by atoms with E-state index in [1.54, 1.807) is 0 Å². The summed E-state index contributed by atoms with van der Waals surface area (Å²) in [5.41, 5.74) is 0. The third kappa shape index (κ3) is 22.9. The first-order valence-electron chi connectivity index (χ1n) is 11.5. The molecular formula is C24H45NO2. The molecule has 0 radical (unpaired) electrons. The van der Waals surface area contributed by atoms with Gasteiger partial charge in [-0.25, -0.2) is 0 Å². The van der Waals surface area contributed by atoms with E-state index in [-0.39, 0.29) is 12.5 Å². The smallest absolute Gasteiger partial charge is 0.220 e. The average Bonchev–Trinajstić information content (AvgIpc) is 2.68. The van der Waals surface area contributed by atoms with E-state index in [9.17, 15) is 4.79 Å². The lowest BCUT2D eigenvalue weighted by atomic mass is 10.1. The zero-order valence-corrected chi connectivity index (χ0v) is 17.9. The Morgan fingerprint density at radius 2 is 1.26 bits per heavy atom. The van der Waals surface area contributed by atoms with Crippen LogP contribution in [-0.2, 0) is 4.79 Å². The molecular weight excluding hydrogens is 334 g/mol. The van der Waals surface area contributed by atoms with Gasteiger partial charge in [-0.2, -0.15) is 0 Å². The molecule has 3 nitrogen and oxygen atoms in total. The predicted molar refractivity (Wildman–Crippen MR) is 118 cm³/mol. The van der Waals surface area contributed by atoms with Crippen molar-refractivity contribution in [1.29, 1.82) is 0 Å². The molecule has 1 amide bonds. The number of hydrogen-bond acceptors (Lipinski definition) is 2. The molecule has 0 aliphatic rings. The van der Waals surface area contributed by atoms with Gasteiger partial charge in [0.2, 0.25) is 5.91 Å². The van der Waals surface area contributed by atoms with E-state index in [0.29, 0.717) is 13.0 Å². The molecule has 0 aromatic heterocycles. The van der Waals surface area contributed by atoms with Crippen LogP contribution in [0, 0.1) is 0 Å². The molecule has 0 saturated heterocycles. The van der Waals surface area contributed by atoms with Crippen LogP contribution in [0.2, 0.25) is 0 Å². The number of aliphatic hydroxyl groups is 1. The molecule has 158 valence electrons. The number of rotatable bonds is 20. The Morgan fingerprint density at radius 1 is 0.741 bits per heavy atom. The third-order valence-electron chi connectivity index (χ3n) is 4.79. The second kappa shape index (κ2) is 23.0. The molecule has 2 N–H and O–H groups in total. The highest BCUT2D eigenvalue weighted by atomic mass is 16.3. The van der Waals surface area contributed by atoms with E-state index in [0.717, 1.165) is 19.3 Å². The minimum absolute atomic E-state index is 0.0264. The fourth-order valence-corrected chi connectivity index (χ4v) is 3.09. The van der Waals surface area contributed by atoms with E-state index in [1.165, 1.54) is 77.0 Å². The van der Waals surface area contributed by atoms with Crippen LogP contribution in [0.1, 0.15) is 110 Å². The highest BCUT2D eigenvalue weighted by Crippen LogP contribution is 2.11. The zero-order valence-electron chi connectivity index (χ0n) is 17.9. The van der Waals surface area contributed by atoms with Gasteiger partial charge < -0.3 is 10.4 Å². The van der Waals surface area contributed by atoms with Crippen molar-refractivity contribution >= 4 is 5.91 Å². The van der Waals surface area contributed by atoms with Crippen LogP contribution in [0.3, 0.4) is 0 Å². The quantitative estimate of drug-likeness (QED) is 0.188. The first-order valence-corrected chi connectivity index (χ1v) is 11.5. The van der Waals surface area contributed by atoms with E-state index >= 15 is 0 Å². The standard InChI is InChI=1S/C24H45NO2/c1-2-3-4-5-6-7-8-9-10-11-12-13-14-15-16-17-18-19-20-21-24(27)25-22-23-26/h6-7,9-10,26H,2-5,8,11-23H2,1H3,(H,25,27)/b7-6-,10-9-. The summed E-state index contributed by atoms with van der Waals surface area (Å²) < 4.78 is 0. The van der Waals surface area contributed by atoms with Crippen LogP contribution in [-0.4, -0.2) is 24.2 Å². The molecule has 0 aromatic carbocycles. The predicted octanol–water partition coefficient (Wildman–Crippen LogP) is 6.47. The van der Waals surface area contributed by atoms with E-state index in [2.05, 4.69) is 36.5 Å². The Morgan fingerprint density at radius 3 is 1.81 bits per heavy atom. The lowest BCUT2D eigenvalue weighted by Gasteiger charge is -2.03. The number of aliphatic hydroxyl groups excluding tert-OH is 1. The van der Waals surface area contributed by atoms with Crippen molar-refractivity contribution in [1.82, 2.24) is 5.32 Å². The lowest BCUT2D eigenvalue weighted by Crippen LogP contribution is -2.25. The van der Waals surface area contributed by atoms with Crippen molar-refractivity contribution in [3.63, 3.8) is 0 Å². The number of unbranched alkanes of at least 4 members (excludes halogenated alkanes) is 12. The largest absolute Gasteiger partial charge is 0.395 e. The van der Waals surface area contributed by atoms with Gasteiger partial charge in [0.1, 0.15) is 0 Å². The van der Waals surface area contributed by atoms with E-state index in [1.807, 2.05) is 0 Å². The van der Waals surface area contributed by atoms with Gasteiger partial charge in [-0.3, -0.25) is 4.79 Å². The van der Waals surface area contributed by atoms with Gasteiger partial charge in [-0.15, -0.1) is 0 Å². The maximum absolute atomic E-state index is 11.4. The van der Waals surface area contributed by atoms with Crippen LogP contribution in [0.15, 0.2) is 24.3 Å². The minimum Gasteiger partial charge on any atom is -0.395 e. The summed E-state index contributed by atoms with van der Waals surface area (Å²) in [5, 5.41) is 11.3. The Bertz CT molecular complexity index is 363. The van der Waals surface area contributed by atoms with Crippen molar-refractivity contribution in [3.05, 3.63) is 24.3 Å². The summed E-state index contributed by atoms with van der Waals surface area (Å²) in [7, 11) is 0. The van der Waals surface area contributed by atoms with Gasteiger partial charge >= 0.3 is 0 Å². The molecule has 3 heteroatoms. The van der Waals surface area contributed by atoms with Crippen LogP contribution in [0.5, 0.6) is 0 Å². The highest BCUT2D eigenvalue weighted by molar-refractivity contribution is 5.75. The molecule has 0 bridgehead atoms. The molecule has 0 rings (SSSR count). The minimum atomic E-state index is 0.0264. The molecule has 27 heavy (non-hydrogen) atoms. The Hall–Kier alpha value is -1.09. The average molecular weight is 380 g/mol. The molecule has 0 spiro atoms. The monoisotopic (exact) mass is 379 g/mol. The van der Waals surface area contributed by atoms with Crippen molar-refractivity contribution in [2.24, 2.45) is 0 Å². The maximum atomic E-state index is 11.4. The van der Waals surface area contributed by atoms with Crippen molar-refractivity contribution in [3.8, 4) is 0 Å². The van der Waals surface area contributed by atoms with Crippen molar-refractivity contribution < 1.29 is 9.90 Å². The normalized spacial score (nSPS) is 11.6. The van der Waals surface area contributed by atoms with Gasteiger partial charge in [-0.05, 0) is 38.5 Å². The lowest BCUT2D eigenvalue weighted by molar-refractivity contribution is -0.121. The molecule has 0 heterocycles. The number of carbonyl (C=O) groups is 1. The Labute approximate surface area is 168 Å². The zero-order chi connectivity index (χ0) is 19.8. The summed E-state index contributed by atoms with van der Waals surface area (Å²) in [5.74, 6) is 0.0705. The number of hydrogen-bond donors (Lipinski definition) is 2. The fraction of sp³-hybridized carbons (Fsp3) is 0.792. The molecule has 0 aromatic rings. The number of allylic oxidation sites excluding steroid dienone is 4. The summed E-state index contributed by atoms with van der Waals surface area (Å²) >= 11 is 0. The number of carbonyl (C=O) groups excluding carboxylic acids is 1. The first-order chi connectivity index (χ1) is 13.3. The first kappa shape index (κ1) is 25.9. The SMILES string of the molecule is CCCCC/C=C\C/C=C\CCCCCCCCCCCC(=O)NCCO. The van der Waals surface area contributed by atoms with Gasteiger partial charge in [-0.1, -0.05) is 89.0 Å². The van der Waals surface area contributed by atoms with Crippen LogP contribution >= 0.6 is 0 Å². The third-order valence-corrected chi connectivity index (χ3v) is 4.79. The van der Waals surface area contributed by atoms with Crippen LogP contribution < -0.4 is 5.32 Å². The highest BCUT2D eigenvalue weighted by Gasteiger charge is 1.99. The summed E-state index contributed by atoms with van der Waals surface area (Å²) in [6, 6.07) is 0. The maximum Gasteiger partial charge on any atom is 0.220 e. The fourth-order valence-electron chi connectivity index (χ4n) is 3.09. The van der Waals surface area contributed by atoms with Gasteiger partial charge in [0.05, 0.1) is 6.61 Å².